The normalized spacial score (nSPS) is 20.1. The van der Waals surface area contributed by atoms with E-state index in [9.17, 15) is 14.4 Å². The van der Waals surface area contributed by atoms with E-state index in [2.05, 4.69) is 53.1 Å². The van der Waals surface area contributed by atoms with Gasteiger partial charge < -0.3 is 20.1 Å². The van der Waals surface area contributed by atoms with Crippen LogP contribution in [0.25, 0.3) is 0 Å². The van der Waals surface area contributed by atoms with E-state index in [1.54, 1.807) is 24.3 Å². The van der Waals surface area contributed by atoms with E-state index >= 15 is 0 Å². The quantitative estimate of drug-likeness (QED) is 0.397. The molecule has 2 amide bonds. The summed E-state index contributed by atoms with van der Waals surface area (Å²) in [7, 11) is 0. The number of ether oxygens (including phenoxy) is 2. The molecule has 2 aromatic rings. The second-order valence-corrected chi connectivity index (χ2v) is 8.21. The van der Waals surface area contributed by atoms with Crippen LogP contribution in [-0.2, 0) is 19.1 Å². The lowest BCUT2D eigenvalue weighted by molar-refractivity contribution is -0.139. The molecular formula is C21H16Br2N4O5. The third kappa shape index (κ3) is 4.78. The van der Waals surface area contributed by atoms with Crippen LogP contribution in [0.4, 0.5) is 16.2 Å². The number of amides is 2. The molecule has 4 rings (SSSR count). The first-order valence-corrected chi connectivity index (χ1v) is 10.9. The largest absolute Gasteiger partial charge is 0.432 e. The molecule has 164 valence electrons. The maximum Gasteiger partial charge on any atom is 0.349 e. The Balaban J connectivity index is 1.44. The zero-order chi connectivity index (χ0) is 22.7. The molecule has 0 radical (unpaired) electrons. The van der Waals surface area contributed by atoms with Crippen molar-refractivity contribution in [2.45, 2.75) is 12.5 Å². The Morgan fingerprint density at radius 2 is 1.06 bits per heavy atom. The Morgan fingerprint density at radius 3 is 1.44 bits per heavy atom. The summed E-state index contributed by atoms with van der Waals surface area (Å²) in [6.07, 6.45) is -2.15. The van der Waals surface area contributed by atoms with Crippen LogP contribution < -0.4 is 21.3 Å². The minimum absolute atomic E-state index is 0.160. The number of nitrogens with one attached hydrogen (secondary N) is 4. The minimum atomic E-state index is -1.08. The molecule has 0 saturated heterocycles. The first kappa shape index (κ1) is 21.9. The third-order valence-corrected chi connectivity index (χ3v) is 5.94. The standard InChI is InChI=1S/C21H16Br2N4O5/c22-13-15(24-11-7-3-1-4-8-11)17(31-19(13)28)26-21(30)27-18-16(14(23)20(29)32-18)25-12-9-5-2-6-10-12/h1-10,17-18,24-25H,(H2,26,27,30)/t17-,18+. The van der Waals surface area contributed by atoms with Gasteiger partial charge in [0, 0.05) is 11.4 Å². The monoisotopic (exact) mass is 562 g/mol. The number of hydrogen-bond donors (Lipinski definition) is 4. The highest BCUT2D eigenvalue weighted by molar-refractivity contribution is 9.12. The van der Waals surface area contributed by atoms with Crippen molar-refractivity contribution in [1.82, 2.24) is 10.6 Å². The number of cyclic esters (lactones) is 2. The fraction of sp³-hybridized carbons (Fsp3) is 0.0952. The van der Waals surface area contributed by atoms with Gasteiger partial charge in [0.2, 0.25) is 12.5 Å². The van der Waals surface area contributed by atoms with Gasteiger partial charge in [0.05, 0.1) is 11.4 Å². The number of hydrogen-bond acceptors (Lipinski definition) is 7. The van der Waals surface area contributed by atoms with Gasteiger partial charge >= 0.3 is 18.0 Å². The Kier molecular flexibility index (Phi) is 6.47. The van der Waals surface area contributed by atoms with Gasteiger partial charge in [0.1, 0.15) is 8.96 Å². The molecule has 2 aromatic carbocycles. The van der Waals surface area contributed by atoms with E-state index in [0.717, 1.165) is 0 Å². The summed E-state index contributed by atoms with van der Waals surface area (Å²) < 4.78 is 10.8. The van der Waals surface area contributed by atoms with Crippen molar-refractivity contribution in [1.29, 1.82) is 0 Å². The van der Waals surface area contributed by atoms with Crippen molar-refractivity contribution in [2.75, 3.05) is 10.6 Å². The maximum absolute atomic E-state index is 12.6. The van der Waals surface area contributed by atoms with Gasteiger partial charge in [-0.3, -0.25) is 10.6 Å². The number of halogens is 2. The van der Waals surface area contributed by atoms with Crippen LogP contribution >= 0.6 is 31.9 Å². The van der Waals surface area contributed by atoms with E-state index in [-0.39, 0.29) is 8.96 Å². The molecule has 0 fully saturated rings. The molecule has 0 aliphatic carbocycles. The van der Waals surface area contributed by atoms with Crippen LogP contribution in [0.3, 0.4) is 0 Å². The Morgan fingerprint density at radius 1 is 0.688 bits per heavy atom. The van der Waals surface area contributed by atoms with Gasteiger partial charge in [-0.15, -0.1) is 0 Å². The van der Waals surface area contributed by atoms with Gasteiger partial charge in [-0.25, -0.2) is 14.4 Å². The number of urea groups is 1. The Bertz CT molecular complexity index is 1030. The van der Waals surface area contributed by atoms with Crippen molar-refractivity contribution in [3.05, 3.63) is 81.0 Å². The highest BCUT2D eigenvalue weighted by atomic mass is 79.9. The second kappa shape index (κ2) is 9.45. The summed E-state index contributed by atoms with van der Waals surface area (Å²) in [5, 5.41) is 11.2. The average Bonchev–Trinajstić information content (AvgIpc) is 3.19. The predicted octanol–water partition coefficient (Wildman–Crippen LogP) is 3.49. The second-order valence-electron chi connectivity index (χ2n) is 6.63. The molecule has 0 aromatic heterocycles. The molecule has 0 spiro atoms. The van der Waals surface area contributed by atoms with Crippen molar-refractivity contribution in [3.63, 3.8) is 0 Å². The molecule has 9 nitrogen and oxygen atoms in total. The topological polar surface area (TPSA) is 118 Å². The summed E-state index contributed by atoms with van der Waals surface area (Å²) >= 11 is 6.37. The van der Waals surface area contributed by atoms with E-state index in [0.29, 0.717) is 22.8 Å². The molecular weight excluding hydrogens is 548 g/mol. The van der Waals surface area contributed by atoms with Crippen LogP contribution in [-0.4, -0.2) is 30.4 Å². The van der Waals surface area contributed by atoms with Crippen LogP contribution in [0.1, 0.15) is 0 Å². The lowest BCUT2D eigenvalue weighted by atomic mass is 10.3. The molecule has 0 saturated carbocycles. The number of esters is 2. The first-order valence-electron chi connectivity index (χ1n) is 9.35. The number of benzene rings is 2. The fourth-order valence-electron chi connectivity index (χ4n) is 2.96. The lowest BCUT2D eigenvalue weighted by Crippen LogP contribution is -2.49. The zero-order valence-corrected chi connectivity index (χ0v) is 19.4. The van der Waals surface area contributed by atoms with Crippen molar-refractivity contribution in [2.24, 2.45) is 0 Å². The van der Waals surface area contributed by atoms with E-state index < -0.39 is 30.4 Å². The van der Waals surface area contributed by atoms with Crippen LogP contribution in [0, 0.1) is 0 Å². The van der Waals surface area contributed by atoms with E-state index in [1.165, 1.54) is 0 Å². The van der Waals surface area contributed by atoms with Crippen molar-refractivity contribution >= 4 is 61.2 Å². The molecule has 2 aliphatic rings. The Hall–Kier alpha value is -3.31. The zero-order valence-electron chi connectivity index (χ0n) is 16.2. The molecule has 4 N–H and O–H groups in total. The summed E-state index contributed by atoms with van der Waals surface area (Å²) in [6, 6.07) is 17.5. The SMILES string of the molecule is O=C(N[C@@H]1OC(=O)C(Br)=C1Nc1ccccc1)N[C@H]1OC(=O)C(Br)=C1Nc1ccccc1. The summed E-state index contributed by atoms with van der Waals surface area (Å²) in [5.41, 5.74) is 2.07. The van der Waals surface area contributed by atoms with E-state index in [4.69, 9.17) is 9.47 Å². The average molecular weight is 564 g/mol. The fourth-order valence-corrected chi connectivity index (χ4v) is 3.76. The molecule has 0 unspecified atom stereocenters. The van der Waals surface area contributed by atoms with Crippen molar-refractivity contribution in [3.8, 4) is 0 Å². The molecule has 2 heterocycles. The molecule has 2 atom stereocenters. The first-order chi connectivity index (χ1) is 15.4. The van der Waals surface area contributed by atoms with Gasteiger partial charge in [-0.1, -0.05) is 36.4 Å². The summed E-state index contributed by atoms with van der Waals surface area (Å²) in [4.78, 5) is 36.7. The van der Waals surface area contributed by atoms with Crippen molar-refractivity contribution < 1.29 is 23.9 Å². The number of carbonyl (C=O) groups is 3. The van der Waals surface area contributed by atoms with Gasteiger partial charge in [-0.05, 0) is 56.1 Å². The maximum atomic E-state index is 12.6. The lowest BCUT2D eigenvalue weighted by Gasteiger charge is -2.21. The van der Waals surface area contributed by atoms with Gasteiger partial charge in [0.15, 0.2) is 0 Å². The number of anilines is 2. The predicted molar refractivity (Wildman–Crippen MR) is 123 cm³/mol. The van der Waals surface area contributed by atoms with Gasteiger partial charge in [0.25, 0.3) is 0 Å². The third-order valence-electron chi connectivity index (χ3n) is 4.44. The van der Waals surface area contributed by atoms with Crippen LogP contribution in [0.5, 0.6) is 0 Å². The molecule has 0 bridgehead atoms. The van der Waals surface area contributed by atoms with Gasteiger partial charge in [-0.2, -0.15) is 0 Å². The summed E-state index contributed by atoms with van der Waals surface area (Å²) in [5.74, 6) is -1.26. The summed E-state index contributed by atoms with van der Waals surface area (Å²) in [6.45, 7) is 0. The highest BCUT2D eigenvalue weighted by Gasteiger charge is 2.37. The highest BCUT2D eigenvalue weighted by Crippen LogP contribution is 2.29. The molecule has 2 aliphatic heterocycles. The van der Waals surface area contributed by atoms with E-state index in [1.807, 2.05) is 36.4 Å². The number of rotatable bonds is 6. The molecule has 32 heavy (non-hydrogen) atoms. The molecule has 11 heteroatoms. The van der Waals surface area contributed by atoms with Crippen LogP contribution in [0.15, 0.2) is 81.0 Å². The van der Waals surface area contributed by atoms with Crippen LogP contribution in [0.2, 0.25) is 0 Å². The smallest absolute Gasteiger partial charge is 0.349 e. The number of para-hydroxylation sites is 2. The number of carbonyl (C=O) groups excluding carboxylic acids is 3. The Labute approximate surface area is 199 Å². The minimum Gasteiger partial charge on any atom is -0.432 e.